The highest BCUT2D eigenvalue weighted by atomic mass is 32.2. The van der Waals surface area contributed by atoms with Crippen LogP contribution in [0.25, 0.3) is 6.08 Å². The van der Waals surface area contributed by atoms with Gasteiger partial charge >= 0.3 is 12.4 Å². The van der Waals surface area contributed by atoms with Gasteiger partial charge in [-0.25, -0.2) is 0 Å². The lowest BCUT2D eigenvalue weighted by atomic mass is 10.0. The zero-order valence-corrected chi connectivity index (χ0v) is 19.2. The van der Waals surface area contributed by atoms with E-state index in [4.69, 9.17) is 5.41 Å². The van der Waals surface area contributed by atoms with Crippen LogP contribution in [0, 0.1) is 5.41 Å². The Labute approximate surface area is 205 Å². The van der Waals surface area contributed by atoms with E-state index in [1.165, 1.54) is 17.8 Å². The highest BCUT2D eigenvalue weighted by Crippen LogP contribution is 2.37. The summed E-state index contributed by atoms with van der Waals surface area (Å²) in [5.74, 6) is -0.313. The highest BCUT2D eigenvalue weighted by molar-refractivity contribution is 8.18. The fourth-order valence-electron chi connectivity index (χ4n) is 3.48. The predicted octanol–water partition coefficient (Wildman–Crippen LogP) is 4.87. The van der Waals surface area contributed by atoms with E-state index in [0.29, 0.717) is 33.0 Å². The first-order valence-corrected chi connectivity index (χ1v) is 11.4. The van der Waals surface area contributed by atoms with Gasteiger partial charge in [0.1, 0.15) is 0 Å². The number of hydrogen-bond donors (Lipinski definition) is 4. The number of thioether (sulfide) groups is 1. The molecule has 0 unspecified atom stereocenters. The highest BCUT2D eigenvalue weighted by Gasteiger charge is 2.38. The number of benzene rings is 2. The number of carbonyl (C=O) groups excluding carboxylic acids is 1. The lowest BCUT2D eigenvalue weighted by Crippen LogP contribution is -2.46. The van der Waals surface area contributed by atoms with Crippen LogP contribution in [0.1, 0.15) is 27.8 Å². The summed E-state index contributed by atoms with van der Waals surface area (Å²) in [5, 5.41) is 16.7. The Hall–Kier alpha value is -3.32. The molecule has 6 nitrogen and oxygen atoms in total. The standard InChI is InChI=1S/C23H19F6N5OS/c24-22(25,26)15-3-2-13(17(7-15)23(27,28)29)9-32-18-4-1-12(5-14(18)8-30)6-19-20(35)34-21(36-19)33-16-10-31-11-16/h1-8,16,30-32H,9-11H2,(H,33,34,35)/b19-6-,30-8?. The molecule has 2 fully saturated rings. The zero-order valence-electron chi connectivity index (χ0n) is 18.3. The fourth-order valence-corrected chi connectivity index (χ4v) is 4.38. The maximum Gasteiger partial charge on any atom is 0.416 e. The summed E-state index contributed by atoms with van der Waals surface area (Å²) in [6, 6.07) is 6.30. The number of amidine groups is 1. The minimum atomic E-state index is -4.98. The van der Waals surface area contributed by atoms with Crippen molar-refractivity contribution in [2.75, 3.05) is 18.4 Å². The van der Waals surface area contributed by atoms with Gasteiger partial charge in [-0.05, 0) is 53.2 Å². The molecule has 2 heterocycles. The van der Waals surface area contributed by atoms with Gasteiger partial charge in [-0.3, -0.25) is 9.79 Å². The molecule has 0 aliphatic carbocycles. The summed E-state index contributed by atoms with van der Waals surface area (Å²) in [6.45, 7) is 1.07. The van der Waals surface area contributed by atoms with Gasteiger partial charge in [-0.1, -0.05) is 12.1 Å². The number of nitrogens with one attached hydrogen (secondary N) is 4. The number of halogens is 6. The summed E-state index contributed by atoms with van der Waals surface area (Å²) in [6.07, 6.45) is -7.29. The van der Waals surface area contributed by atoms with E-state index in [9.17, 15) is 31.1 Å². The second kappa shape index (κ2) is 9.97. The van der Waals surface area contributed by atoms with Crippen LogP contribution in [0.4, 0.5) is 32.0 Å². The van der Waals surface area contributed by atoms with Gasteiger partial charge in [-0.15, -0.1) is 0 Å². The summed E-state index contributed by atoms with van der Waals surface area (Å²) >= 11 is 1.19. The number of rotatable bonds is 6. The maximum atomic E-state index is 13.4. The van der Waals surface area contributed by atoms with E-state index in [2.05, 4.69) is 20.9 Å². The van der Waals surface area contributed by atoms with Crippen molar-refractivity contribution in [2.24, 2.45) is 4.99 Å². The van der Waals surface area contributed by atoms with Crippen LogP contribution in [-0.2, 0) is 23.7 Å². The molecule has 2 aliphatic heterocycles. The molecule has 2 aliphatic rings. The van der Waals surface area contributed by atoms with E-state index < -0.39 is 30.0 Å². The van der Waals surface area contributed by atoms with Crippen LogP contribution in [0.3, 0.4) is 0 Å². The average Bonchev–Trinajstić information content (AvgIpc) is 3.12. The first-order valence-electron chi connectivity index (χ1n) is 10.6. The smallest absolute Gasteiger partial charge is 0.380 e. The Morgan fingerprint density at radius 1 is 1.08 bits per heavy atom. The number of amides is 1. The topological polar surface area (TPSA) is 89.4 Å². The monoisotopic (exact) mass is 527 g/mol. The van der Waals surface area contributed by atoms with Crippen molar-refractivity contribution in [3.8, 4) is 0 Å². The van der Waals surface area contributed by atoms with Gasteiger partial charge in [0.05, 0.1) is 22.1 Å². The third-order valence-electron chi connectivity index (χ3n) is 5.45. The molecular weight excluding hydrogens is 508 g/mol. The van der Waals surface area contributed by atoms with Crippen LogP contribution >= 0.6 is 11.8 Å². The molecule has 1 amide bonds. The molecule has 0 atom stereocenters. The summed E-state index contributed by atoms with van der Waals surface area (Å²) in [7, 11) is 0. The van der Waals surface area contributed by atoms with Gasteiger partial charge in [-0.2, -0.15) is 26.3 Å². The number of hydrogen-bond acceptors (Lipinski definition) is 6. The first kappa shape index (κ1) is 25.8. The summed E-state index contributed by atoms with van der Waals surface area (Å²) in [4.78, 5) is 17.1. The zero-order chi connectivity index (χ0) is 26.1. The van der Waals surface area contributed by atoms with Gasteiger partial charge in [0.25, 0.3) is 5.91 Å². The minimum Gasteiger partial charge on any atom is -0.380 e. The molecule has 2 aromatic carbocycles. The third kappa shape index (κ3) is 5.90. The first-order chi connectivity index (χ1) is 16.9. The van der Waals surface area contributed by atoms with Crippen LogP contribution < -0.4 is 16.0 Å². The summed E-state index contributed by atoms with van der Waals surface area (Å²) in [5.41, 5.74) is -1.94. The molecule has 4 N–H and O–H groups in total. The molecule has 2 saturated heterocycles. The second-order valence-corrected chi connectivity index (χ2v) is 9.05. The van der Waals surface area contributed by atoms with Crippen molar-refractivity contribution in [3.63, 3.8) is 0 Å². The maximum absolute atomic E-state index is 13.4. The van der Waals surface area contributed by atoms with Gasteiger partial charge in [0, 0.05) is 37.1 Å². The van der Waals surface area contributed by atoms with Crippen molar-refractivity contribution in [3.05, 3.63) is 69.1 Å². The van der Waals surface area contributed by atoms with Crippen molar-refractivity contribution >= 4 is 40.8 Å². The molecule has 36 heavy (non-hydrogen) atoms. The van der Waals surface area contributed by atoms with Crippen molar-refractivity contribution < 1.29 is 31.1 Å². The Kier molecular flexibility index (Phi) is 7.14. The number of aliphatic imine (C=N–C) groups is 1. The number of anilines is 1. The van der Waals surface area contributed by atoms with E-state index in [1.807, 2.05) is 0 Å². The van der Waals surface area contributed by atoms with E-state index >= 15 is 0 Å². The number of carbonyl (C=O) groups is 1. The molecule has 190 valence electrons. The van der Waals surface area contributed by atoms with Crippen molar-refractivity contribution in [1.82, 2.24) is 10.6 Å². The van der Waals surface area contributed by atoms with Gasteiger partial charge < -0.3 is 21.4 Å². The molecule has 0 radical (unpaired) electrons. The molecular formula is C23H19F6N5OS. The molecule has 0 bridgehead atoms. The average molecular weight is 527 g/mol. The molecule has 13 heteroatoms. The van der Waals surface area contributed by atoms with Crippen LogP contribution in [0.2, 0.25) is 0 Å². The quantitative estimate of drug-likeness (QED) is 0.245. The van der Waals surface area contributed by atoms with E-state index in [-0.39, 0.29) is 23.6 Å². The lowest BCUT2D eigenvalue weighted by molar-refractivity contribution is -0.143. The number of alkyl halides is 6. The van der Waals surface area contributed by atoms with Crippen LogP contribution in [-0.4, -0.2) is 36.4 Å². The van der Waals surface area contributed by atoms with E-state index in [1.54, 1.807) is 18.2 Å². The molecule has 0 saturated carbocycles. The lowest BCUT2D eigenvalue weighted by Gasteiger charge is -2.23. The number of nitrogens with zero attached hydrogens (tertiary/aromatic N) is 1. The predicted molar refractivity (Wildman–Crippen MR) is 126 cm³/mol. The Bertz CT molecular complexity index is 1250. The SMILES string of the molecule is N=Cc1cc(/C=C2\SC(=NC3CNC3)NC2=O)ccc1NCc1ccc(C(F)(F)F)cc1C(F)(F)F. The third-order valence-corrected chi connectivity index (χ3v) is 6.38. The van der Waals surface area contributed by atoms with Gasteiger partial charge in [0.2, 0.25) is 0 Å². The normalized spacial score (nSPS) is 18.9. The Morgan fingerprint density at radius 2 is 1.83 bits per heavy atom. The van der Waals surface area contributed by atoms with Crippen LogP contribution in [0.15, 0.2) is 46.3 Å². The van der Waals surface area contributed by atoms with E-state index in [0.717, 1.165) is 25.4 Å². The van der Waals surface area contributed by atoms with Crippen LogP contribution in [0.5, 0.6) is 0 Å². The molecule has 2 aromatic rings. The molecule has 0 spiro atoms. The largest absolute Gasteiger partial charge is 0.416 e. The van der Waals surface area contributed by atoms with Gasteiger partial charge in [0.15, 0.2) is 5.17 Å². The Morgan fingerprint density at radius 3 is 2.44 bits per heavy atom. The summed E-state index contributed by atoms with van der Waals surface area (Å²) < 4.78 is 78.9. The fraction of sp³-hybridized carbons (Fsp3) is 0.261. The Balaban J connectivity index is 1.52. The van der Waals surface area contributed by atoms with Crippen molar-refractivity contribution in [2.45, 2.75) is 24.9 Å². The second-order valence-electron chi connectivity index (χ2n) is 8.02. The minimum absolute atomic E-state index is 0.0905. The van der Waals surface area contributed by atoms with Crippen molar-refractivity contribution in [1.29, 1.82) is 5.41 Å². The molecule has 0 aromatic heterocycles. The molecule has 4 rings (SSSR count).